The lowest BCUT2D eigenvalue weighted by Gasteiger charge is -2.12. The Hall–Kier alpha value is -2.67. The number of nitrogens with one attached hydrogen (secondary N) is 1. The van der Waals surface area contributed by atoms with Crippen molar-refractivity contribution in [1.29, 1.82) is 0 Å². The lowest BCUT2D eigenvalue weighted by atomic mass is 10.2. The molecule has 146 valence electrons. The van der Waals surface area contributed by atoms with E-state index in [1.165, 1.54) is 10.9 Å². The first-order chi connectivity index (χ1) is 13.5. The van der Waals surface area contributed by atoms with E-state index in [1.807, 2.05) is 31.2 Å². The topological polar surface area (TPSA) is 73.2 Å². The zero-order chi connectivity index (χ0) is 20.1. The fourth-order valence-electron chi connectivity index (χ4n) is 2.79. The van der Waals surface area contributed by atoms with Crippen molar-refractivity contribution in [1.82, 2.24) is 9.55 Å². The van der Waals surface area contributed by atoms with Crippen LogP contribution in [-0.2, 0) is 11.3 Å². The first-order valence-electron chi connectivity index (χ1n) is 9.16. The van der Waals surface area contributed by atoms with Crippen LogP contribution in [0.3, 0.4) is 0 Å². The zero-order valence-electron chi connectivity index (χ0n) is 15.9. The monoisotopic (exact) mass is 443 g/mol. The molecule has 1 heterocycles. The minimum atomic E-state index is -0.291. The van der Waals surface area contributed by atoms with E-state index in [1.54, 1.807) is 12.1 Å². The average Bonchev–Trinajstić information content (AvgIpc) is 2.67. The number of carbonyl (C=O) groups excluding carboxylic acids is 1. The van der Waals surface area contributed by atoms with Crippen LogP contribution in [0.4, 0.5) is 5.69 Å². The van der Waals surface area contributed by atoms with E-state index in [-0.39, 0.29) is 18.0 Å². The molecule has 0 atom stereocenters. The Labute approximate surface area is 171 Å². The number of fused-ring (bicyclic) bond motifs is 1. The number of hydrogen-bond acceptors (Lipinski definition) is 4. The molecule has 0 saturated carbocycles. The number of rotatable bonds is 7. The van der Waals surface area contributed by atoms with Gasteiger partial charge in [-0.3, -0.25) is 14.2 Å². The first kappa shape index (κ1) is 20.1. The van der Waals surface area contributed by atoms with Crippen molar-refractivity contribution >= 4 is 38.4 Å². The van der Waals surface area contributed by atoms with Gasteiger partial charge in [-0.15, -0.1) is 0 Å². The van der Waals surface area contributed by atoms with Crippen LogP contribution < -0.4 is 15.6 Å². The molecular weight excluding hydrogens is 422 g/mol. The number of benzene rings is 2. The highest BCUT2D eigenvalue weighted by Gasteiger charge is 2.10. The summed E-state index contributed by atoms with van der Waals surface area (Å²) in [7, 11) is 0. The summed E-state index contributed by atoms with van der Waals surface area (Å²) in [5, 5.41) is 3.32. The normalized spacial score (nSPS) is 10.8. The molecule has 0 aliphatic rings. The van der Waals surface area contributed by atoms with Gasteiger partial charge in [0.25, 0.3) is 5.56 Å². The number of hydrogen-bond donors (Lipinski definition) is 1. The van der Waals surface area contributed by atoms with Gasteiger partial charge in [-0.2, -0.15) is 0 Å². The van der Waals surface area contributed by atoms with Crippen LogP contribution in [0.2, 0.25) is 0 Å². The molecule has 7 heteroatoms. The highest BCUT2D eigenvalue weighted by atomic mass is 79.9. The van der Waals surface area contributed by atoms with Gasteiger partial charge in [-0.05, 0) is 55.3 Å². The van der Waals surface area contributed by atoms with Gasteiger partial charge in [0.2, 0.25) is 5.91 Å². The number of anilines is 1. The Kier molecular flexibility index (Phi) is 6.46. The molecule has 3 rings (SSSR count). The standard InChI is InChI=1S/C21H22BrN3O3/c1-3-4-9-28-16-6-8-18(14(2)10-16)24-20(26)12-25-13-23-19-7-5-15(22)11-17(19)21(25)27/h5-8,10-11,13H,3-4,9,12H2,1-2H3,(H,24,26). The largest absolute Gasteiger partial charge is 0.494 e. The Morgan fingerprint density at radius 3 is 2.82 bits per heavy atom. The maximum Gasteiger partial charge on any atom is 0.261 e. The minimum Gasteiger partial charge on any atom is -0.494 e. The summed E-state index contributed by atoms with van der Waals surface area (Å²) in [5.74, 6) is 0.491. The number of carbonyl (C=O) groups is 1. The molecule has 0 unspecified atom stereocenters. The molecule has 1 N–H and O–H groups in total. The molecule has 1 amide bonds. The second kappa shape index (κ2) is 9.01. The summed E-state index contributed by atoms with van der Waals surface area (Å²) in [6.45, 7) is 4.59. The maximum atomic E-state index is 12.6. The van der Waals surface area contributed by atoms with Gasteiger partial charge in [0, 0.05) is 10.2 Å². The summed E-state index contributed by atoms with van der Waals surface area (Å²) in [6, 6.07) is 10.8. The van der Waals surface area contributed by atoms with E-state index in [0.717, 1.165) is 28.6 Å². The fourth-order valence-corrected chi connectivity index (χ4v) is 3.15. The lowest BCUT2D eigenvalue weighted by Crippen LogP contribution is -2.28. The molecule has 0 fully saturated rings. The number of aryl methyl sites for hydroxylation is 1. The highest BCUT2D eigenvalue weighted by molar-refractivity contribution is 9.10. The molecule has 0 radical (unpaired) electrons. The molecule has 0 aliphatic heterocycles. The quantitative estimate of drug-likeness (QED) is 0.552. The molecule has 0 bridgehead atoms. The second-order valence-electron chi connectivity index (χ2n) is 6.57. The van der Waals surface area contributed by atoms with E-state index in [9.17, 15) is 9.59 Å². The van der Waals surface area contributed by atoms with Crippen molar-refractivity contribution in [2.45, 2.75) is 33.2 Å². The Balaban J connectivity index is 1.71. The van der Waals surface area contributed by atoms with Crippen LogP contribution in [0, 0.1) is 6.92 Å². The molecule has 28 heavy (non-hydrogen) atoms. The van der Waals surface area contributed by atoms with Crippen LogP contribution in [0.5, 0.6) is 5.75 Å². The van der Waals surface area contributed by atoms with E-state index in [4.69, 9.17) is 4.74 Å². The molecule has 1 aromatic heterocycles. The SMILES string of the molecule is CCCCOc1ccc(NC(=O)Cn2cnc3ccc(Br)cc3c2=O)c(C)c1. The first-order valence-corrected chi connectivity index (χ1v) is 9.95. The van der Waals surface area contributed by atoms with E-state index in [0.29, 0.717) is 23.2 Å². The third-order valence-electron chi connectivity index (χ3n) is 4.34. The van der Waals surface area contributed by atoms with Crippen LogP contribution in [-0.4, -0.2) is 22.1 Å². The summed E-state index contributed by atoms with van der Waals surface area (Å²) < 4.78 is 7.78. The summed E-state index contributed by atoms with van der Waals surface area (Å²) in [4.78, 5) is 29.3. The highest BCUT2D eigenvalue weighted by Crippen LogP contribution is 2.21. The Morgan fingerprint density at radius 2 is 2.07 bits per heavy atom. The van der Waals surface area contributed by atoms with Crippen molar-refractivity contribution in [3.8, 4) is 5.75 Å². The maximum absolute atomic E-state index is 12.6. The summed E-state index contributed by atoms with van der Waals surface area (Å²) >= 11 is 3.35. The number of nitrogens with zero attached hydrogens (tertiary/aromatic N) is 2. The van der Waals surface area contributed by atoms with Gasteiger partial charge in [0.1, 0.15) is 12.3 Å². The van der Waals surface area contributed by atoms with E-state index in [2.05, 4.69) is 33.2 Å². The Bertz CT molecular complexity index is 1060. The van der Waals surface area contributed by atoms with Gasteiger partial charge in [-0.1, -0.05) is 29.3 Å². The third-order valence-corrected chi connectivity index (χ3v) is 4.83. The number of amides is 1. The number of unbranched alkanes of at least 4 members (excludes halogenated alkanes) is 1. The fraction of sp³-hybridized carbons (Fsp3) is 0.286. The lowest BCUT2D eigenvalue weighted by molar-refractivity contribution is -0.116. The van der Waals surface area contributed by atoms with Gasteiger partial charge >= 0.3 is 0 Å². The smallest absolute Gasteiger partial charge is 0.261 e. The van der Waals surface area contributed by atoms with Crippen LogP contribution in [0.15, 0.2) is 52.0 Å². The van der Waals surface area contributed by atoms with Crippen LogP contribution in [0.25, 0.3) is 10.9 Å². The van der Waals surface area contributed by atoms with Crippen LogP contribution in [0.1, 0.15) is 25.3 Å². The van der Waals surface area contributed by atoms with Crippen molar-refractivity contribution < 1.29 is 9.53 Å². The molecule has 0 saturated heterocycles. The molecule has 0 aliphatic carbocycles. The van der Waals surface area contributed by atoms with Gasteiger partial charge in [0.05, 0.1) is 23.8 Å². The van der Waals surface area contributed by atoms with Crippen molar-refractivity contribution in [3.63, 3.8) is 0 Å². The molecule has 2 aromatic carbocycles. The van der Waals surface area contributed by atoms with Gasteiger partial charge < -0.3 is 10.1 Å². The molecular formula is C21H22BrN3O3. The van der Waals surface area contributed by atoms with Gasteiger partial charge in [0.15, 0.2) is 0 Å². The van der Waals surface area contributed by atoms with Crippen molar-refractivity contribution in [2.24, 2.45) is 0 Å². The summed E-state index contributed by atoms with van der Waals surface area (Å²) in [6.07, 6.45) is 3.48. The number of halogens is 1. The third kappa shape index (κ3) is 4.78. The molecule has 6 nitrogen and oxygen atoms in total. The zero-order valence-corrected chi connectivity index (χ0v) is 17.5. The number of aromatic nitrogens is 2. The van der Waals surface area contributed by atoms with Gasteiger partial charge in [-0.25, -0.2) is 4.98 Å². The summed E-state index contributed by atoms with van der Waals surface area (Å²) in [5.41, 5.74) is 1.94. The average molecular weight is 444 g/mol. The van der Waals surface area contributed by atoms with Crippen molar-refractivity contribution in [3.05, 3.63) is 63.1 Å². The predicted molar refractivity (Wildman–Crippen MR) is 114 cm³/mol. The predicted octanol–water partition coefficient (Wildman–Crippen LogP) is 4.29. The molecule has 0 spiro atoms. The minimum absolute atomic E-state index is 0.109. The number of ether oxygens (including phenoxy) is 1. The second-order valence-corrected chi connectivity index (χ2v) is 7.48. The Morgan fingerprint density at radius 1 is 1.25 bits per heavy atom. The van der Waals surface area contributed by atoms with Crippen LogP contribution >= 0.6 is 15.9 Å². The van der Waals surface area contributed by atoms with E-state index >= 15 is 0 Å². The molecule has 3 aromatic rings. The van der Waals surface area contributed by atoms with E-state index < -0.39 is 0 Å². The van der Waals surface area contributed by atoms with Crippen molar-refractivity contribution in [2.75, 3.05) is 11.9 Å².